The molecule has 2 atom stereocenters. The van der Waals surface area contributed by atoms with E-state index in [4.69, 9.17) is 38.3 Å². The number of esters is 6. The monoisotopic (exact) mass is 1040 g/mol. The molecule has 0 saturated heterocycles. The highest BCUT2D eigenvalue weighted by Gasteiger charge is 2.29. The van der Waals surface area contributed by atoms with Gasteiger partial charge in [-0.05, 0) is 37.8 Å². The first-order valence-corrected chi connectivity index (χ1v) is 27.3. The fourth-order valence-corrected chi connectivity index (χ4v) is 7.57. The van der Waals surface area contributed by atoms with Gasteiger partial charge in [-0.25, -0.2) is 0 Å². The molecule has 0 aromatic heterocycles. The van der Waals surface area contributed by atoms with Crippen LogP contribution in [-0.2, 0) is 62.0 Å². The van der Waals surface area contributed by atoms with E-state index in [1.807, 2.05) is 5.32 Å². The van der Waals surface area contributed by atoms with Crippen LogP contribution in [0.15, 0.2) is 12.2 Å². The summed E-state index contributed by atoms with van der Waals surface area (Å²) in [5.41, 5.74) is 0. The summed E-state index contributed by atoms with van der Waals surface area (Å²) in [7, 11) is 0. The molecule has 418 valence electrons. The Balaban J connectivity index is 0.00000666. The van der Waals surface area contributed by atoms with Gasteiger partial charge in [0.05, 0.1) is 39.3 Å². The molecular formula is C54H92F3NO14. The van der Waals surface area contributed by atoms with E-state index >= 15 is 0 Å². The Morgan fingerprint density at radius 2 is 0.681 bits per heavy atom. The lowest BCUT2D eigenvalue weighted by molar-refractivity contribution is -0.662. The van der Waals surface area contributed by atoms with Crippen molar-refractivity contribution in [1.29, 1.82) is 0 Å². The van der Waals surface area contributed by atoms with Crippen molar-refractivity contribution >= 4 is 41.8 Å². The molecule has 1 heterocycles. The number of nitrogens with two attached hydrogens (primary N) is 1. The number of ether oxygens (including phenoxy) is 6. The quantitative estimate of drug-likeness (QED) is 0.0261. The third-order valence-corrected chi connectivity index (χ3v) is 11.9. The summed E-state index contributed by atoms with van der Waals surface area (Å²) in [4.78, 5) is 85.5. The van der Waals surface area contributed by atoms with Crippen molar-refractivity contribution in [3.05, 3.63) is 12.2 Å². The van der Waals surface area contributed by atoms with E-state index in [1.54, 1.807) is 12.2 Å². The van der Waals surface area contributed by atoms with Crippen LogP contribution < -0.4 is 10.4 Å². The molecule has 0 unspecified atom stereocenters. The first-order valence-electron chi connectivity index (χ1n) is 27.3. The molecule has 72 heavy (non-hydrogen) atoms. The lowest BCUT2D eigenvalue weighted by atomic mass is 10.1. The number of alkyl halides is 3. The SMILES string of the molecule is CCCCCCCCC(=O)OCC(COC(=O)CCCCCCCC)CC(=O)O[C@H]1C=C[C@H](OC(=O)CC(COC(=O)CCCCCCCC)COC(=O)CCCCCCCC)C[NH2+]C1.O=C([O-])C(F)(F)F. The van der Waals surface area contributed by atoms with Gasteiger partial charge in [-0.2, -0.15) is 13.2 Å². The Morgan fingerprint density at radius 3 is 0.917 bits per heavy atom. The smallest absolute Gasteiger partial charge is 0.430 e. The number of carboxylic acids is 1. The third-order valence-electron chi connectivity index (χ3n) is 11.9. The number of rotatable bonds is 42. The summed E-state index contributed by atoms with van der Waals surface area (Å²) < 4.78 is 65.3. The second-order valence-electron chi connectivity index (χ2n) is 18.9. The van der Waals surface area contributed by atoms with Crippen LogP contribution in [0.1, 0.15) is 220 Å². The van der Waals surface area contributed by atoms with Crippen molar-refractivity contribution in [1.82, 2.24) is 0 Å². The molecule has 1 aliphatic rings. The molecule has 2 N–H and O–H groups in total. The van der Waals surface area contributed by atoms with E-state index in [9.17, 15) is 41.9 Å². The van der Waals surface area contributed by atoms with E-state index in [-0.39, 0.29) is 63.1 Å². The molecule has 0 aromatic rings. The molecule has 18 heteroatoms. The highest BCUT2D eigenvalue weighted by molar-refractivity contribution is 5.73. The maximum atomic E-state index is 13.2. The lowest BCUT2D eigenvalue weighted by Gasteiger charge is -2.18. The molecular weight excluding hydrogens is 944 g/mol. The van der Waals surface area contributed by atoms with Gasteiger partial charge in [0.25, 0.3) is 0 Å². The van der Waals surface area contributed by atoms with Crippen LogP contribution in [0.5, 0.6) is 0 Å². The van der Waals surface area contributed by atoms with Crippen LogP contribution in [0, 0.1) is 11.8 Å². The zero-order valence-electron chi connectivity index (χ0n) is 44.3. The van der Waals surface area contributed by atoms with E-state index < -0.39 is 48.1 Å². The summed E-state index contributed by atoms with van der Waals surface area (Å²) in [6, 6.07) is 0. The Kier molecular flexibility index (Phi) is 42.7. The van der Waals surface area contributed by atoms with Crippen LogP contribution >= 0.6 is 0 Å². The summed E-state index contributed by atoms with van der Waals surface area (Å²) in [6.45, 7) is 9.21. The minimum atomic E-state index is -5.19. The van der Waals surface area contributed by atoms with Crippen molar-refractivity contribution in [3.8, 4) is 0 Å². The van der Waals surface area contributed by atoms with Crippen molar-refractivity contribution in [3.63, 3.8) is 0 Å². The van der Waals surface area contributed by atoms with Gasteiger partial charge >= 0.3 is 42.0 Å². The predicted molar refractivity (Wildman–Crippen MR) is 264 cm³/mol. The zero-order chi connectivity index (χ0) is 53.7. The van der Waals surface area contributed by atoms with Gasteiger partial charge in [0.2, 0.25) is 0 Å². The van der Waals surface area contributed by atoms with E-state index in [0.717, 1.165) is 128 Å². The number of hydrogen-bond donors (Lipinski definition) is 1. The second-order valence-corrected chi connectivity index (χ2v) is 18.9. The van der Waals surface area contributed by atoms with Gasteiger partial charge in [0.1, 0.15) is 19.1 Å². The largest absolute Gasteiger partial charge is 0.542 e. The Bertz CT molecular complexity index is 1330. The van der Waals surface area contributed by atoms with Gasteiger partial charge < -0.3 is 43.6 Å². The number of halogens is 3. The number of carboxylic acid groups (broad SMARTS) is 1. The van der Waals surface area contributed by atoms with Crippen LogP contribution in [-0.4, -0.2) is 99.7 Å². The fourth-order valence-electron chi connectivity index (χ4n) is 7.57. The molecule has 1 rings (SSSR count). The Labute approximate surface area is 428 Å². The number of quaternary nitrogens is 1. The van der Waals surface area contributed by atoms with Crippen molar-refractivity contribution in [2.75, 3.05) is 39.5 Å². The minimum absolute atomic E-state index is 0.0592. The highest BCUT2D eigenvalue weighted by atomic mass is 19.4. The maximum absolute atomic E-state index is 13.2. The maximum Gasteiger partial charge on any atom is 0.430 e. The standard InChI is InChI=1S/C52H91NO12.C2HF3O2/c1-5-9-13-17-21-25-29-47(54)60-39-43(40-61-48(55)30-26-22-18-14-10-6-2)35-51(58)64-45-33-34-46(38-53-37-45)65-52(59)36-44(41-62-49(56)31-27-23-19-15-11-7-3)42-63-50(57)32-28-24-20-16-12-8-4;3-2(4,5)1(6)7/h33-34,43-46,53H,5-32,35-42H2,1-4H3;(H,6,7)/t45-,46-;/m0./s1. The number of hydrogen-bond acceptors (Lipinski definition) is 14. The van der Waals surface area contributed by atoms with Gasteiger partial charge in [-0.1, -0.05) is 156 Å². The molecule has 0 aromatic carbocycles. The fraction of sp³-hybridized carbons (Fsp3) is 0.833. The van der Waals surface area contributed by atoms with Gasteiger partial charge in [-0.3, -0.25) is 28.8 Å². The first kappa shape index (κ1) is 67.8. The number of unbranched alkanes of at least 4 members (excludes halogenated alkanes) is 20. The molecule has 0 bridgehead atoms. The average molecular weight is 1040 g/mol. The van der Waals surface area contributed by atoms with Gasteiger partial charge in [0, 0.05) is 37.5 Å². The normalized spacial score (nSPS) is 14.5. The summed E-state index contributed by atoms with van der Waals surface area (Å²) >= 11 is 0. The van der Waals surface area contributed by atoms with Gasteiger partial charge in [-0.15, -0.1) is 0 Å². The Hall–Kier alpha value is -4.22. The lowest BCUT2D eigenvalue weighted by Crippen LogP contribution is -2.87. The topological polar surface area (TPSA) is 215 Å². The number of aliphatic carboxylic acids is 1. The van der Waals surface area contributed by atoms with E-state index in [0.29, 0.717) is 38.8 Å². The predicted octanol–water partition coefficient (Wildman–Crippen LogP) is 9.43. The highest BCUT2D eigenvalue weighted by Crippen LogP contribution is 2.17. The van der Waals surface area contributed by atoms with Crippen molar-refractivity contribution in [2.45, 2.75) is 239 Å². The number of carbonyl (C=O) groups excluding carboxylic acids is 7. The van der Waals surface area contributed by atoms with Gasteiger partial charge in [0.15, 0.2) is 12.2 Å². The molecule has 0 saturated carbocycles. The first-order chi connectivity index (χ1) is 34.5. The van der Waals surface area contributed by atoms with Crippen LogP contribution in [0.3, 0.4) is 0 Å². The summed E-state index contributed by atoms with van der Waals surface area (Å²) in [5, 5.41) is 10.7. The van der Waals surface area contributed by atoms with Crippen molar-refractivity contribution < 1.29 is 85.6 Å². The van der Waals surface area contributed by atoms with E-state index in [1.165, 1.54) is 25.7 Å². The van der Waals surface area contributed by atoms with E-state index in [2.05, 4.69) is 27.7 Å². The molecule has 0 fully saturated rings. The van der Waals surface area contributed by atoms with Crippen LogP contribution in [0.25, 0.3) is 0 Å². The van der Waals surface area contributed by atoms with Crippen molar-refractivity contribution in [2.24, 2.45) is 11.8 Å². The van der Waals surface area contributed by atoms with Crippen LogP contribution in [0.2, 0.25) is 0 Å². The summed E-state index contributed by atoms with van der Waals surface area (Å²) in [6.07, 6.45) is 23.1. The number of carbonyl (C=O) groups is 7. The molecule has 0 spiro atoms. The third kappa shape index (κ3) is 42.3. The summed E-state index contributed by atoms with van der Waals surface area (Å²) in [5.74, 6) is -6.51. The second kappa shape index (κ2) is 45.4. The zero-order valence-corrected chi connectivity index (χ0v) is 44.3. The molecule has 0 amide bonds. The average Bonchev–Trinajstić information content (AvgIpc) is 3.56. The molecule has 0 radical (unpaired) electrons. The molecule has 15 nitrogen and oxygen atoms in total. The van der Waals surface area contributed by atoms with Crippen LogP contribution in [0.4, 0.5) is 13.2 Å². The molecule has 0 aliphatic carbocycles. The Morgan fingerprint density at radius 1 is 0.444 bits per heavy atom. The minimum Gasteiger partial charge on any atom is -0.542 e. The molecule has 1 aliphatic heterocycles.